The quantitative estimate of drug-likeness (QED) is 0.662. The molecule has 2 aromatic carbocycles. The molecule has 3 rings (SSSR count). The molecule has 0 bridgehead atoms. The first-order chi connectivity index (χ1) is 11.9. The van der Waals surface area contributed by atoms with Crippen molar-refractivity contribution < 1.29 is 14.3 Å². The summed E-state index contributed by atoms with van der Waals surface area (Å²) in [5.74, 6) is 0.587. The summed E-state index contributed by atoms with van der Waals surface area (Å²) >= 11 is 13.6. The van der Waals surface area contributed by atoms with Gasteiger partial charge in [-0.05, 0) is 24.3 Å². The molecule has 1 amide bonds. The molecule has 0 fully saturated rings. The van der Waals surface area contributed by atoms with E-state index in [1.54, 1.807) is 49.1 Å². The molecule has 0 saturated heterocycles. The Balaban J connectivity index is 2.12. The van der Waals surface area contributed by atoms with Crippen molar-refractivity contribution in [2.75, 3.05) is 14.2 Å². The van der Waals surface area contributed by atoms with Gasteiger partial charge in [0.25, 0.3) is 5.91 Å². The van der Waals surface area contributed by atoms with Gasteiger partial charge in [-0.1, -0.05) is 34.5 Å². The number of ether oxygens (including phenoxy) is 2. The van der Waals surface area contributed by atoms with Gasteiger partial charge in [-0.2, -0.15) is 4.99 Å². The summed E-state index contributed by atoms with van der Waals surface area (Å²) in [4.78, 5) is 17.4. The Labute approximate surface area is 158 Å². The number of carbonyl (C=O) groups excluding carboxylic acids is 1. The molecule has 0 radical (unpaired) electrons. The summed E-state index contributed by atoms with van der Waals surface area (Å²) < 4.78 is 13.0. The highest BCUT2D eigenvalue weighted by Crippen LogP contribution is 2.29. The number of rotatable bonds is 3. The van der Waals surface area contributed by atoms with Crippen LogP contribution in [0.3, 0.4) is 0 Å². The lowest BCUT2D eigenvalue weighted by Crippen LogP contribution is -2.14. The minimum Gasteiger partial charge on any atom is -0.497 e. The van der Waals surface area contributed by atoms with E-state index in [1.807, 2.05) is 0 Å². The Bertz CT molecular complexity index is 1040. The summed E-state index contributed by atoms with van der Waals surface area (Å²) in [5, 5.41) is 1.05. The number of thiazole rings is 1. The first-order valence-electron chi connectivity index (χ1n) is 7.20. The molecule has 3 aromatic rings. The summed E-state index contributed by atoms with van der Waals surface area (Å²) in [6.45, 7) is 0. The van der Waals surface area contributed by atoms with E-state index in [0.717, 1.165) is 10.2 Å². The highest BCUT2D eigenvalue weighted by atomic mass is 35.5. The van der Waals surface area contributed by atoms with Crippen LogP contribution in [0.15, 0.2) is 35.3 Å². The number of aromatic nitrogens is 1. The molecular formula is C17H14Cl2N2O3S. The zero-order valence-corrected chi connectivity index (χ0v) is 16.0. The van der Waals surface area contributed by atoms with Crippen molar-refractivity contribution in [3.05, 3.63) is 50.7 Å². The van der Waals surface area contributed by atoms with E-state index in [0.29, 0.717) is 31.9 Å². The third-order valence-corrected chi connectivity index (χ3v) is 5.24. The molecular weight excluding hydrogens is 383 g/mol. The first-order valence-corrected chi connectivity index (χ1v) is 8.77. The van der Waals surface area contributed by atoms with Crippen molar-refractivity contribution in [1.82, 2.24) is 4.57 Å². The lowest BCUT2D eigenvalue weighted by molar-refractivity contribution is 0.0995. The van der Waals surface area contributed by atoms with Crippen LogP contribution in [0.2, 0.25) is 10.0 Å². The van der Waals surface area contributed by atoms with Gasteiger partial charge in [-0.15, -0.1) is 0 Å². The minimum absolute atomic E-state index is 0.352. The maximum absolute atomic E-state index is 12.6. The molecule has 0 spiro atoms. The number of carbonyl (C=O) groups is 1. The second-order valence-electron chi connectivity index (χ2n) is 5.16. The third-order valence-electron chi connectivity index (χ3n) is 3.65. The lowest BCUT2D eigenvalue weighted by Gasteiger charge is -2.07. The van der Waals surface area contributed by atoms with Crippen LogP contribution in [-0.4, -0.2) is 24.7 Å². The molecule has 0 aliphatic carbocycles. The number of halogens is 2. The number of aryl methyl sites for hydroxylation is 1. The van der Waals surface area contributed by atoms with E-state index < -0.39 is 5.91 Å². The largest absolute Gasteiger partial charge is 0.497 e. The van der Waals surface area contributed by atoms with Gasteiger partial charge in [0.1, 0.15) is 11.5 Å². The van der Waals surface area contributed by atoms with Gasteiger partial charge in [0.15, 0.2) is 4.80 Å². The van der Waals surface area contributed by atoms with Crippen molar-refractivity contribution in [3.8, 4) is 11.5 Å². The van der Waals surface area contributed by atoms with E-state index in [4.69, 9.17) is 32.7 Å². The number of methoxy groups -OCH3 is 2. The number of nitrogens with zero attached hydrogens (tertiary/aromatic N) is 2. The van der Waals surface area contributed by atoms with Gasteiger partial charge in [-0.3, -0.25) is 4.79 Å². The monoisotopic (exact) mass is 396 g/mol. The van der Waals surface area contributed by atoms with Gasteiger partial charge in [0, 0.05) is 18.1 Å². The molecule has 130 valence electrons. The van der Waals surface area contributed by atoms with Crippen LogP contribution >= 0.6 is 34.5 Å². The van der Waals surface area contributed by atoms with Gasteiger partial charge in [0.2, 0.25) is 0 Å². The van der Waals surface area contributed by atoms with Crippen LogP contribution in [-0.2, 0) is 7.05 Å². The molecule has 25 heavy (non-hydrogen) atoms. The molecule has 5 nitrogen and oxygen atoms in total. The SMILES string of the molecule is COc1ccc(C(=O)N=c2sc3cc(Cl)cc(Cl)c3n2C)c(OC)c1. The van der Waals surface area contributed by atoms with Crippen LogP contribution in [0, 0.1) is 0 Å². The fourth-order valence-electron chi connectivity index (χ4n) is 2.43. The standard InChI is InChI=1S/C17H14Cl2N2O3S/c1-21-15-12(19)6-9(18)7-14(15)25-17(21)20-16(22)11-5-4-10(23-2)8-13(11)24-3/h4-8H,1-3H3. The molecule has 0 unspecified atom stereocenters. The second kappa shape index (κ2) is 7.07. The molecule has 0 aliphatic rings. The minimum atomic E-state index is -0.413. The average molecular weight is 397 g/mol. The van der Waals surface area contributed by atoms with Crippen molar-refractivity contribution in [1.29, 1.82) is 0 Å². The number of amides is 1. The second-order valence-corrected chi connectivity index (χ2v) is 7.01. The van der Waals surface area contributed by atoms with Crippen LogP contribution in [0.1, 0.15) is 10.4 Å². The van der Waals surface area contributed by atoms with E-state index in [9.17, 15) is 4.79 Å². The van der Waals surface area contributed by atoms with Gasteiger partial charge >= 0.3 is 0 Å². The highest BCUT2D eigenvalue weighted by molar-refractivity contribution is 7.16. The average Bonchev–Trinajstić information content (AvgIpc) is 2.89. The Kier molecular flexibility index (Phi) is 5.03. The topological polar surface area (TPSA) is 52.8 Å². The molecule has 1 aromatic heterocycles. The van der Waals surface area contributed by atoms with E-state index in [-0.39, 0.29) is 0 Å². The summed E-state index contributed by atoms with van der Waals surface area (Å²) in [7, 11) is 4.84. The fraction of sp³-hybridized carbons (Fsp3) is 0.176. The van der Waals surface area contributed by atoms with Crippen LogP contribution in [0.4, 0.5) is 0 Å². The lowest BCUT2D eigenvalue weighted by atomic mass is 10.2. The highest BCUT2D eigenvalue weighted by Gasteiger charge is 2.14. The number of hydrogen-bond acceptors (Lipinski definition) is 4. The molecule has 0 atom stereocenters. The fourth-order valence-corrected chi connectivity index (χ4v) is 4.25. The van der Waals surface area contributed by atoms with Crippen LogP contribution in [0.25, 0.3) is 10.2 Å². The zero-order valence-electron chi connectivity index (χ0n) is 13.7. The van der Waals surface area contributed by atoms with E-state index in [1.165, 1.54) is 18.4 Å². The van der Waals surface area contributed by atoms with E-state index in [2.05, 4.69) is 4.99 Å². The van der Waals surface area contributed by atoms with Crippen molar-refractivity contribution in [3.63, 3.8) is 0 Å². The Hall–Kier alpha value is -2.02. The predicted molar refractivity (Wildman–Crippen MR) is 100 cm³/mol. The maximum atomic E-state index is 12.6. The molecule has 0 aliphatic heterocycles. The number of fused-ring (bicyclic) bond motifs is 1. The Morgan fingerprint density at radius 3 is 2.60 bits per heavy atom. The summed E-state index contributed by atoms with van der Waals surface area (Å²) in [5.41, 5.74) is 1.13. The Morgan fingerprint density at radius 1 is 1.16 bits per heavy atom. The van der Waals surface area contributed by atoms with Crippen molar-refractivity contribution >= 4 is 50.7 Å². The van der Waals surface area contributed by atoms with Gasteiger partial charge in [-0.25, -0.2) is 0 Å². The third kappa shape index (κ3) is 3.38. The van der Waals surface area contributed by atoms with Crippen molar-refractivity contribution in [2.45, 2.75) is 0 Å². The molecule has 1 heterocycles. The zero-order chi connectivity index (χ0) is 18.1. The van der Waals surface area contributed by atoms with Gasteiger partial charge < -0.3 is 14.0 Å². The summed E-state index contributed by atoms with van der Waals surface area (Å²) in [6, 6.07) is 8.42. The van der Waals surface area contributed by atoms with Crippen molar-refractivity contribution in [2.24, 2.45) is 12.0 Å². The maximum Gasteiger partial charge on any atom is 0.283 e. The molecule has 8 heteroatoms. The van der Waals surface area contributed by atoms with Crippen LogP contribution in [0.5, 0.6) is 11.5 Å². The number of hydrogen-bond donors (Lipinski definition) is 0. The smallest absolute Gasteiger partial charge is 0.283 e. The summed E-state index contributed by atoms with van der Waals surface area (Å²) in [6.07, 6.45) is 0. The molecule has 0 N–H and O–H groups in total. The first kappa shape index (κ1) is 17.8. The Morgan fingerprint density at radius 2 is 1.92 bits per heavy atom. The van der Waals surface area contributed by atoms with Gasteiger partial charge in [0.05, 0.1) is 35.0 Å². The van der Waals surface area contributed by atoms with Crippen LogP contribution < -0.4 is 14.3 Å². The normalized spacial score (nSPS) is 11.8. The molecule has 0 saturated carbocycles. The van der Waals surface area contributed by atoms with E-state index >= 15 is 0 Å². The number of benzene rings is 2. The predicted octanol–water partition coefficient (Wildman–Crippen LogP) is 4.30.